The molecule has 0 unspecified atom stereocenters. The van der Waals surface area contributed by atoms with E-state index in [0.29, 0.717) is 6.04 Å². The molecular formula is C17H24N2O2. The zero-order valence-electron chi connectivity index (χ0n) is 12.6. The third kappa shape index (κ3) is 2.97. The van der Waals surface area contributed by atoms with Crippen molar-refractivity contribution >= 4 is 5.91 Å². The lowest BCUT2D eigenvalue weighted by atomic mass is 9.99. The van der Waals surface area contributed by atoms with Gasteiger partial charge in [0.25, 0.3) is 0 Å². The highest BCUT2D eigenvalue weighted by Crippen LogP contribution is 2.31. The van der Waals surface area contributed by atoms with E-state index < -0.39 is 6.10 Å². The van der Waals surface area contributed by atoms with Crippen molar-refractivity contribution in [2.75, 3.05) is 20.1 Å². The molecule has 2 fully saturated rings. The summed E-state index contributed by atoms with van der Waals surface area (Å²) in [6.45, 7) is 1.84. The number of nitrogens with zero attached hydrogens (tertiary/aromatic N) is 2. The Morgan fingerprint density at radius 3 is 2.67 bits per heavy atom. The highest BCUT2D eigenvalue weighted by Gasteiger charge is 2.39. The number of likely N-dealkylation sites (N-methyl/N-ethyl adjacent to an activating group) is 1. The Hall–Kier alpha value is -1.39. The Balaban J connectivity index is 1.66. The van der Waals surface area contributed by atoms with Crippen LogP contribution in [0.15, 0.2) is 30.3 Å². The van der Waals surface area contributed by atoms with Crippen LogP contribution >= 0.6 is 0 Å². The van der Waals surface area contributed by atoms with Gasteiger partial charge in [-0.05, 0) is 37.8 Å². The molecule has 3 atom stereocenters. The van der Waals surface area contributed by atoms with Gasteiger partial charge in [0.2, 0.25) is 5.91 Å². The van der Waals surface area contributed by atoms with Gasteiger partial charge < -0.3 is 10.0 Å². The standard InChI is InChI=1S/C17H24N2O2/c1-18-11-9-15(17(18)21)19-10-5-8-14(19)12-16(20)13-6-3-2-4-7-13/h2-4,6-7,14-16,20H,5,8-12H2,1H3/t14-,15-,16+/m0/s1. The van der Waals surface area contributed by atoms with Crippen molar-refractivity contribution in [3.8, 4) is 0 Å². The highest BCUT2D eigenvalue weighted by atomic mass is 16.3. The van der Waals surface area contributed by atoms with Crippen LogP contribution in [-0.4, -0.2) is 53.0 Å². The maximum atomic E-state index is 12.2. The van der Waals surface area contributed by atoms with Crippen molar-refractivity contribution in [1.82, 2.24) is 9.80 Å². The van der Waals surface area contributed by atoms with E-state index in [-0.39, 0.29) is 11.9 Å². The topological polar surface area (TPSA) is 43.8 Å². The minimum Gasteiger partial charge on any atom is -0.388 e. The smallest absolute Gasteiger partial charge is 0.239 e. The molecule has 0 saturated carbocycles. The summed E-state index contributed by atoms with van der Waals surface area (Å²) >= 11 is 0. The van der Waals surface area contributed by atoms with E-state index in [4.69, 9.17) is 0 Å². The van der Waals surface area contributed by atoms with Crippen LogP contribution in [0.4, 0.5) is 0 Å². The summed E-state index contributed by atoms with van der Waals surface area (Å²) in [7, 11) is 1.88. The molecule has 0 radical (unpaired) electrons. The van der Waals surface area contributed by atoms with E-state index in [1.54, 1.807) is 0 Å². The van der Waals surface area contributed by atoms with E-state index in [2.05, 4.69) is 4.90 Å². The molecule has 0 bridgehead atoms. The molecule has 2 aliphatic rings. The van der Waals surface area contributed by atoms with Gasteiger partial charge in [-0.1, -0.05) is 30.3 Å². The summed E-state index contributed by atoms with van der Waals surface area (Å²) in [5.74, 6) is 0.246. The molecule has 0 spiro atoms. The van der Waals surface area contributed by atoms with E-state index in [1.807, 2.05) is 42.3 Å². The number of likely N-dealkylation sites (tertiary alicyclic amines) is 2. The molecule has 4 nitrogen and oxygen atoms in total. The number of rotatable bonds is 4. The first kappa shape index (κ1) is 14.5. The summed E-state index contributed by atoms with van der Waals surface area (Å²) in [5, 5.41) is 10.4. The second-order valence-corrected chi connectivity index (χ2v) is 6.26. The van der Waals surface area contributed by atoms with Gasteiger partial charge in [0.15, 0.2) is 0 Å². The highest BCUT2D eigenvalue weighted by molar-refractivity contribution is 5.83. The Labute approximate surface area is 126 Å². The van der Waals surface area contributed by atoms with Crippen LogP contribution in [0.5, 0.6) is 0 Å². The van der Waals surface area contributed by atoms with Gasteiger partial charge in [0.05, 0.1) is 12.1 Å². The number of carbonyl (C=O) groups is 1. The zero-order chi connectivity index (χ0) is 14.8. The van der Waals surface area contributed by atoms with Crippen LogP contribution in [0, 0.1) is 0 Å². The van der Waals surface area contributed by atoms with Gasteiger partial charge in [0.1, 0.15) is 0 Å². The number of hydrogen-bond donors (Lipinski definition) is 1. The molecule has 1 aromatic rings. The van der Waals surface area contributed by atoms with Crippen LogP contribution in [0.2, 0.25) is 0 Å². The molecule has 2 aliphatic heterocycles. The minimum absolute atomic E-state index is 0.0328. The van der Waals surface area contributed by atoms with Crippen molar-refractivity contribution in [1.29, 1.82) is 0 Å². The molecule has 1 amide bonds. The maximum Gasteiger partial charge on any atom is 0.239 e. The predicted octanol–water partition coefficient (Wildman–Crippen LogP) is 1.81. The summed E-state index contributed by atoms with van der Waals surface area (Å²) < 4.78 is 0. The molecule has 3 rings (SSSR count). The number of carbonyl (C=O) groups excluding carboxylic acids is 1. The first-order chi connectivity index (χ1) is 10.2. The van der Waals surface area contributed by atoms with Gasteiger partial charge in [0, 0.05) is 19.6 Å². The Morgan fingerprint density at radius 1 is 1.24 bits per heavy atom. The second-order valence-electron chi connectivity index (χ2n) is 6.26. The van der Waals surface area contributed by atoms with Crippen molar-refractivity contribution < 1.29 is 9.90 Å². The third-order valence-corrected chi connectivity index (χ3v) is 4.90. The number of amides is 1. The van der Waals surface area contributed by atoms with Crippen molar-refractivity contribution in [3.63, 3.8) is 0 Å². The second kappa shape index (κ2) is 6.16. The lowest BCUT2D eigenvalue weighted by Crippen LogP contribution is -2.44. The summed E-state index contributed by atoms with van der Waals surface area (Å²) in [6, 6.07) is 10.2. The van der Waals surface area contributed by atoms with E-state index in [1.165, 1.54) is 0 Å². The average molecular weight is 288 g/mol. The molecule has 0 aromatic heterocycles. The third-order valence-electron chi connectivity index (χ3n) is 4.90. The fourth-order valence-corrected chi connectivity index (χ4v) is 3.70. The Morgan fingerprint density at radius 2 is 2.00 bits per heavy atom. The zero-order valence-corrected chi connectivity index (χ0v) is 12.6. The number of benzene rings is 1. The number of hydrogen-bond acceptors (Lipinski definition) is 3. The summed E-state index contributed by atoms with van der Waals surface area (Å²) in [5.41, 5.74) is 0.971. The van der Waals surface area contributed by atoms with Crippen molar-refractivity contribution in [2.45, 2.75) is 43.9 Å². The largest absolute Gasteiger partial charge is 0.388 e. The maximum absolute atomic E-state index is 12.2. The monoisotopic (exact) mass is 288 g/mol. The number of aliphatic hydroxyl groups excluding tert-OH is 1. The van der Waals surface area contributed by atoms with Crippen molar-refractivity contribution in [2.24, 2.45) is 0 Å². The first-order valence-electron chi connectivity index (χ1n) is 7.90. The quantitative estimate of drug-likeness (QED) is 0.919. The molecule has 21 heavy (non-hydrogen) atoms. The molecule has 0 aliphatic carbocycles. The SMILES string of the molecule is CN1CC[C@H](N2CCC[C@H]2C[C@@H](O)c2ccccc2)C1=O. The van der Waals surface area contributed by atoms with E-state index in [0.717, 1.165) is 44.3 Å². The molecule has 2 saturated heterocycles. The van der Waals surface area contributed by atoms with Crippen LogP contribution in [-0.2, 0) is 4.79 Å². The fourth-order valence-electron chi connectivity index (χ4n) is 3.70. The van der Waals surface area contributed by atoms with Gasteiger partial charge in [-0.2, -0.15) is 0 Å². The average Bonchev–Trinajstić information content (AvgIpc) is 3.08. The normalized spacial score (nSPS) is 28.3. The Kier molecular flexibility index (Phi) is 4.27. The molecule has 1 N–H and O–H groups in total. The van der Waals surface area contributed by atoms with Crippen LogP contribution in [0.25, 0.3) is 0 Å². The van der Waals surface area contributed by atoms with Crippen LogP contribution in [0.3, 0.4) is 0 Å². The summed E-state index contributed by atoms with van der Waals surface area (Å²) in [6.07, 6.45) is 3.41. The van der Waals surface area contributed by atoms with Gasteiger partial charge in [-0.25, -0.2) is 0 Å². The fraction of sp³-hybridized carbons (Fsp3) is 0.588. The van der Waals surface area contributed by atoms with Crippen molar-refractivity contribution in [3.05, 3.63) is 35.9 Å². The van der Waals surface area contributed by atoms with Gasteiger partial charge in [-0.3, -0.25) is 9.69 Å². The minimum atomic E-state index is -0.439. The van der Waals surface area contributed by atoms with Crippen LogP contribution in [0.1, 0.15) is 37.4 Å². The van der Waals surface area contributed by atoms with Crippen LogP contribution < -0.4 is 0 Å². The lowest BCUT2D eigenvalue weighted by Gasteiger charge is -2.30. The predicted molar refractivity (Wildman–Crippen MR) is 81.8 cm³/mol. The number of aliphatic hydroxyl groups is 1. The Bertz CT molecular complexity index is 491. The van der Waals surface area contributed by atoms with Gasteiger partial charge in [-0.15, -0.1) is 0 Å². The first-order valence-corrected chi connectivity index (χ1v) is 7.90. The molecule has 114 valence electrons. The van der Waals surface area contributed by atoms with Gasteiger partial charge >= 0.3 is 0 Å². The molecule has 4 heteroatoms. The van der Waals surface area contributed by atoms with E-state index >= 15 is 0 Å². The summed E-state index contributed by atoms with van der Waals surface area (Å²) in [4.78, 5) is 16.4. The van der Waals surface area contributed by atoms with E-state index in [9.17, 15) is 9.90 Å². The lowest BCUT2D eigenvalue weighted by molar-refractivity contribution is -0.131. The molecule has 2 heterocycles. The molecule has 1 aromatic carbocycles. The molecular weight excluding hydrogens is 264 g/mol.